The Balaban J connectivity index is 4.19. The van der Waals surface area contributed by atoms with Crippen LogP contribution in [0.3, 0.4) is 0 Å². The molecule has 0 radical (unpaired) electrons. The normalized spacial score (nSPS) is 12.0. The Kier molecular flexibility index (Phi) is 7.55. The van der Waals surface area contributed by atoms with Gasteiger partial charge in [-0.25, -0.2) is 0 Å². The van der Waals surface area contributed by atoms with Crippen molar-refractivity contribution in [3.8, 4) is 0 Å². The van der Waals surface area contributed by atoms with Crippen LogP contribution >= 0.6 is 0 Å². The average molecular weight is 206 g/mol. The van der Waals surface area contributed by atoms with Crippen molar-refractivity contribution in [3.63, 3.8) is 0 Å². The predicted octanol–water partition coefficient (Wildman–Crippen LogP) is 2.10. The molecule has 0 aliphatic rings. The molecule has 0 heterocycles. The zero-order valence-electron chi connectivity index (χ0n) is 9.26. The molecule has 3 nitrogen and oxygen atoms in total. The lowest BCUT2D eigenvalue weighted by Gasteiger charge is -2.28. The van der Waals surface area contributed by atoms with E-state index in [0.29, 0.717) is 6.23 Å². The number of hydrogen-bond acceptors (Lipinski definition) is 3. The summed E-state index contributed by atoms with van der Waals surface area (Å²) in [5.41, 5.74) is 0. The fraction of sp³-hybridized carbons (Fsp3) is 1.00. The molecule has 0 bridgehead atoms. The van der Waals surface area contributed by atoms with Gasteiger partial charge in [0, 0.05) is 20.3 Å². The van der Waals surface area contributed by atoms with Crippen molar-refractivity contribution in [2.24, 2.45) is 0 Å². The largest absolute Gasteiger partial charge is 0.393 e. The van der Waals surface area contributed by atoms with E-state index in [1.165, 1.54) is 0 Å². The summed E-state index contributed by atoms with van der Waals surface area (Å²) >= 11 is 0. The molecular weight excluding hydrogens is 184 g/mol. The summed E-state index contributed by atoms with van der Waals surface area (Å²) in [4.78, 5) is 0. The Morgan fingerprint density at radius 3 is 1.85 bits per heavy atom. The molecule has 0 aliphatic carbocycles. The number of ether oxygens (including phenoxy) is 1. The summed E-state index contributed by atoms with van der Waals surface area (Å²) in [6, 6.07) is 1.02. The molecule has 0 aromatic carbocycles. The molecule has 0 amide bonds. The predicted molar refractivity (Wildman–Crippen MR) is 56.0 cm³/mol. The molecule has 0 atom stereocenters. The Morgan fingerprint density at radius 2 is 1.54 bits per heavy atom. The molecule has 0 saturated heterocycles. The van der Waals surface area contributed by atoms with Crippen LogP contribution in [0.25, 0.3) is 0 Å². The minimum atomic E-state index is -2.02. The van der Waals surface area contributed by atoms with Crippen LogP contribution in [0.15, 0.2) is 0 Å². The average Bonchev–Trinajstić information content (AvgIpc) is 2.06. The van der Waals surface area contributed by atoms with Crippen LogP contribution in [-0.2, 0) is 13.6 Å². The third-order valence-corrected chi connectivity index (χ3v) is 5.43. The van der Waals surface area contributed by atoms with Crippen LogP contribution in [0, 0.1) is 0 Å². The quantitative estimate of drug-likeness (QED) is 0.569. The van der Waals surface area contributed by atoms with Gasteiger partial charge in [0.05, 0.1) is 6.23 Å². The van der Waals surface area contributed by atoms with Gasteiger partial charge in [0.1, 0.15) is 0 Å². The summed E-state index contributed by atoms with van der Waals surface area (Å²) in [6.07, 6.45) is 1.73. The van der Waals surface area contributed by atoms with E-state index in [1.54, 1.807) is 7.11 Å². The summed E-state index contributed by atoms with van der Waals surface area (Å²) in [6.45, 7) is 7.60. The van der Waals surface area contributed by atoms with Gasteiger partial charge in [-0.15, -0.1) is 0 Å². The third-order valence-electron chi connectivity index (χ3n) is 1.81. The summed E-state index contributed by atoms with van der Waals surface area (Å²) in [5, 5.41) is 0. The third kappa shape index (κ3) is 4.76. The van der Waals surface area contributed by atoms with Gasteiger partial charge in [-0.1, -0.05) is 13.3 Å². The van der Waals surface area contributed by atoms with Gasteiger partial charge in [-0.3, -0.25) is 0 Å². The van der Waals surface area contributed by atoms with Gasteiger partial charge < -0.3 is 13.6 Å². The molecule has 0 aromatic heterocycles. The Labute approximate surface area is 82.6 Å². The highest BCUT2D eigenvalue weighted by atomic mass is 28.4. The van der Waals surface area contributed by atoms with Crippen LogP contribution in [0.2, 0.25) is 6.04 Å². The fourth-order valence-electron chi connectivity index (χ4n) is 1.47. The Hall–Kier alpha value is 0.0969. The topological polar surface area (TPSA) is 27.7 Å². The van der Waals surface area contributed by atoms with E-state index in [4.69, 9.17) is 13.6 Å². The van der Waals surface area contributed by atoms with E-state index < -0.39 is 8.56 Å². The van der Waals surface area contributed by atoms with Crippen LogP contribution in [-0.4, -0.2) is 35.1 Å². The molecule has 0 spiro atoms. The van der Waals surface area contributed by atoms with Crippen LogP contribution in [0.4, 0.5) is 0 Å². The van der Waals surface area contributed by atoms with Gasteiger partial charge in [-0.05, 0) is 19.9 Å². The SMILES string of the molecule is CCC[Si](COC)(OCC)OCC. The number of methoxy groups -OCH3 is 1. The number of rotatable bonds is 8. The van der Waals surface area contributed by atoms with Crippen molar-refractivity contribution in [1.29, 1.82) is 0 Å². The molecule has 0 unspecified atom stereocenters. The van der Waals surface area contributed by atoms with Gasteiger partial charge in [0.15, 0.2) is 0 Å². The van der Waals surface area contributed by atoms with Gasteiger partial charge in [0.25, 0.3) is 0 Å². The second-order valence-corrected chi connectivity index (χ2v) is 6.15. The molecule has 0 aromatic rings. The minimum Gasteiger partial charge on any atom is -0.393 e. The molecular formula is C9H22O3Si. The fourth-order valence-corrected chi connectivity index (χ4v) is 4.41. The maximum atomic E-state index is 5.74. The zero-order valence-corrected chi connectivity index (χ0v) is 10.3. The lowest BCUT2D eigenvalue weighted by atomic mass is 10.6. The standard InChI is InChI=1S/C9H22O3Si/c1-5-8-13(9-10-4,11-6-2)12-7-3/h5-9H2,1-4H3. The lowest BCUT2D eigenvalue weighted by Crippen LogP contribution is -2.47. The highest BCUT2D eigenvalue weighted by molar-refractivity contribution is 6.67. The van der Waals surface area contributed by atoms with E-state index in [0.717, 1.165) is 25.7 Å². The van der Waals surface area contributed by atoms with Crippen molar-refractivity contribution < 1.29 is 13.6 Å². The van der Waals surface area contributed by atoms with E-state index in [9.17, 15) is 0 Å². The monoisotopic (exact) mass is 206 g/mol. The first-order chi connectivity index (χ1) is 6.24. The van der Waals surface area contributed by atoms with Crippen molar-refractivity contribution in [2.75, 3.05) is 26.6 Å². The molecule has 0 aliphatic heterocycles. The number of hydrogen-bond donors (Lipinski definition) is 0. The highest BCUT2D eigenvalue weighted by Gasteiger charge is 2.36. The smallest absolute Gasteiger partial charge is 0.364 e. The van der Waals surface area contributed by atoms with Crippen molar-refractivity contribution in [2.45, 2.75) is 33.2 Å². The zero-order chi connectivity index (χ0) is 10.2. The molecule has 0 N–H and O–H groups in total. The van der Waals surface area contributed by atoms with Gasteiger partial charge >= 0.3 is 8.56 Å². The Morgan fingerprint density at radius 1 is 1.00 bits per heavy atom. The second kappa shape index (κ2) is 7.50. The van der Waals surface area contributed by atoms with E-state index in [1.807, 2.05) is 13.8 Å². The Bertz CT molecular complexity index is 89.9. The van der Waals surface area contributed by atoms with Crippen molar-refractivity contribution in [1.82, 2.24) is 0 Å². The first-order valence-corrected chi connectivity index (χ1v) is 7.24. The second-order valence-electron chi connectivity index (χ2n) is 2.96. The molecule has 0 saturated carbocycles. The highest BCUT2D eigenvalue weighted by Crippen LogP contribution is 2.16. The van der Waals surface area contributed by atoms with E-state index in [-0.39, 0.29) is 0 Å². The first kappa shape index (κ1) is 13.1. The van der Waals surface area contributed by atoms with Crippen LogP contribution < -0.4 is 0 Å². The molecule has 13 heavy (non-hydrogen) atoms. The summed E-state index contributed by atoms with van der Waals surface area (Å²) in [5.74, 6) is 0. The lowest BCUT2D eigenvalue weighted by molar-refractivity contribution is 0.131. The van der Waals surface area contributed by atoms with Crippen LogP contribution in [0.1, 0.15) is 27.2 Å². The molecule has 0 rings (SSSR count). The van der Waals surface area contributed by atoms with Crippen molar-refractivity contribution in [3.05, 3.63) is 0 Å². The minimum absolute atomic E-state index is 0.641. The van der Waals surface area contributed by atoms with E-state index in [2.05, 4.69) is 6.92 Å². The molecule has 4 heteroatoms. The summed E-state index contributed by atoms with van der Waals surface area (Å²) < 4.78 is 16.7. The molecule has 80 valence electrons. The maximum Gasteiger partial charge on any atom is 0.364 e. The molecule has 0 fully saturated rings. The summed E-state index contributed by atoms with van der Waals surface area (Å²) in [7, 11) is -0.314. The van der Waals surface area contributed by atoms with Crippen molar-refractivity contribution >= 4 is 8.56 Å². The maximum absolute atomic E-state index is 5.74. The van der Waals surface area contributed by atoms with E-state index >= 15 is 0 Å². The van der Waals surface area contributed by atoms with Gasteiger partial charge in [-0.2, -0.15) is 0 Å². The van der Waals surface area contributed by atoms with Gasteiger partial charge in [0.2, 0.25) is 0 Å². The van der Waals surface area contributed by atoms with Crippen LogP contribution in [0.5, 0.6) is 0 Å². The first-order valence-electron chi connectivity index (χ1n) is 5.01.